The SMILES string of the molecule is CCNC(=NCC(O)CS(=O)(=O)c1cccs1)N(C)Cc1ccc2c(c1)OCO2. The van der Waals surface area contributed by atoms with Crippen LogP contribution in [0.4, 0.5) is 0 Å². The van der Waals surface area contributed by atoms with E-state index in [1.165, 1.54) is 0 Å². The molecular weight excluding hydrogens is 414 g/mol. The first kappa shape index (κ1) is 21.4. The van der Waals surface area contributed by atoms with Gasteiger partial charge in [0, 0.05) is 20.1 Å². The summed E-state index contributed by atoms with van der Waals surface area (Å²) in [4.78, 5) is 6.32. The highest BCUT2D eigenvalue weighted by Crippen LogP contribution is 2.32. The molecule has 10 heteroatoms. The summed E-state index contributed by atoms with van der Waals surface area (Å²) in [5, 5.41) is 15.1. The first-order chi connectivity index (χ1) is 13.9. The number of hydrogen-bond donors (Lipinski definition) is 2. The van der Waals surface area contributed by atoms with Crippen molar-refractivity contribution in [2.75, 3.05) is 32.7 Å². The molecule has 0 spiro atoms. The molecule has 1 aliphatic heterocycles. The van der Waals surface area contributed by atoms with Crippen molar-refractivity contribution in [3.05, 3.63) is 41.3 Å². The zero-order valence-corrected chi connectivity index (χ0v) is 18.0. The van der Waals surface area contributed by atoms with Crippen molar-refractivity contribution in [1.29, 1.82) is 0 Å². The Balaban J connectivity index is 1.62. The van der Waals surface area contributed by atoms with Crippen LogP contribution in [0.3, 0.4) is 0 Å². The molecule has 1 aromatic carbocycles. The lowest BCUT2D eigenvalue weighted by molar-refractivity contribution is 0.174. The maximum atomic E-state index is 12.3. The fraction of sp³-hybridized carbons (Fsp3) is 0.421. The van der Waals surface area contributed by atoms with Crippen molar-refractivity contribution < 1.29 is 23.0 Å². The highest BCUT2D eigenvalue weighted by atomic mass is 32.2. The maximum Gasteiger partial charge on any atom is 0.231 e. The lowest BCUT2D eigenvalue weighted by Gasteiger charge is -2.22. The van der Waals surface area contributed by atoms with Crippen molar-refractivity contribution in [3.63, 3.8) is 0 Å². The van der Waals surface area contributed by atoms with Gasteiger partial charge in [0.25, 0.3) is 0 Å². The summed E-state index contributed by atoms with van der Waals surface area (Å²) in [6.07, 6.45) is -1.09. The Bertz CT molecular complexity index is 945. The van der Waals surface area contributed by atoms with E-state index >= 15 is 0 Å². The van der Waals surface area contributed by atoms with Crippen LogP contribution < -0.4 is 14.8 Å². The lowest BCUT2D eigenvalue weighted by Crippen LogP contribution is -2.39. The number of benzene rings is 1. The highest BCUT2D eigenvalue weighted by molar-refractivity contribution is 7.93. The minimum atomic E-state index is -3.51. The molecule has 2 aromatic rings. The minimum absolute atomic E-state index is 0.0155. The highest BCUT2D eigenvalue weighted by Gasteiger charge is 2.21. The van der Waals surface area contributed by atoms with Crippen LogP contribution in [0.25, 0.3) is 0 Å². The number of nitrogens with one attached hydrogen (secondary N) is 1. The van der Waals surface area contributed by atoms with Gasteiger partial charge in [-0.1, -0.05) is 12.1 Å². The molecule has 0 aliphatic carbocycles. The van der Waals surface area contributed by atoms with Gasteiger partial charge in [0.05, 0.1) is 18.4 Å². The zero-order valence-electron chi connectivity index (χ0n) is 16.4. The van der Waals surface area contributed by atoms with Gasteiger partial charge in [-0.3, -0.25) is 4.99 Å². The molecule has 0 saturated carbocycles. The van der Waals surface area contributed by atoms with Crippen molar-refractivity contribution in [1.82, 2.24) is 10.2 Å². The second-order valence-corrected chi connectivity index (χ2v) is 9.81. The third kappa shape index (κ3) is 5.62. The molecule has 1 unspecified atom stereocenters. The van der Waals surface area contributed by atoms with E-state index in [2.05, 4.69) is 10.3 Å². The molecule has 2 heterocycles. The molecule has 1 aliphatic rings. The van der Waals surface area contributed by atoms with Gasteiger partial charge in [-0.15, -0.1) is 11.3 Å². The van der Waals surface area contributed by atoms with Gasteiger partial charge in [-0.2, -0.15) is 0 Å². The summed E-state index contributed by atoms with van der Waals surface area (Å²) in [6, 6.07) is 8.96. The van der Waals surface area contributed by atoms with Gasteiger partial charge in [-0.25, -0.2) is 8.42 Å². The Morgan fingerprint density at radius 3 is 2.86 bits per heavy atom. The van der Waals surface area contributed by atoms with Crippen molar-refractivity contribution in [3.8, 4) is 11.5 Å². The van der Waals surface area contributed by atoms with Gasteiger partial charge in [0.1, 0.15) is 4.21 Å². The fourth-order valence-corrected chi connectivity index (χ4v) is 5.35. The second kappa shape index (κ2) is 9.47. The topological polar surface area (TPSA) is 100 Å². The van der Waals surface area contributed by atoms with E-state index in [9.17, 15) is 13.5 Å². The van der Waals surface area contributed by atoms with Crippen LogP contribution in [0.15, 0.2) is 44.9 Å². The first-order valence-electron chi connectivity index (χ1n) is 9.21. The number of aliphatic hydroxyl groups excluding tert-OH is 1. The summed E-state index contributed by atoms with van der Waals surface area (Å²) in [5.41, 5.74) is 1.02. The molecule has 1 atom stereocenters. The summed E-state index contributed by atoms with van der Waals surface area (Å²) in [7, 11) is -1.64. The van der Waals surface area contributed by atoms with Crippen LogP contribution in [0.1, 0.15) is 12.5 Å². The number of hydrogen-bond acceptors (Lipinski definition) is 7. The number of rotatable bonds is 8. The first-order valence-corrected chi connectivity index (χ1v) is 11.7. The molecule has 1 aromatic heterocycles. The maximum absolute atomic E-state index is 12.3. The molecule has 0 radical (unpaired) electrons. The molecule has 0 bridgehead atoms. The Kier molecular flexibility index (Phi) is 6.99. The number of fused-ring (bicyclic) bond motifs is 1. The lowest BCUT2D eigenvalue weighted by atomic mass is 10.2. The van der Waals surface area contributed by atoms with E-state index in [-0.39, 0.29) is 23.3 Å². The number of ether oxygens (including phenoxy) is 2. The van der Waals surface area contributed by atoms with E-state index in [0.29, 0.717) is 24.8 Å². The molecule has 0 fully saturated rings. The predicted molar refractivity (Wildman–Crippen MR) is 112 cm³/mol. The van der Waals surface area contributed by atoms with Gasteiger partial charge in [0.2, 0.25) is 6.79 Å². The van der Waals surface area contributed by atoms with Gasteiger partial charge >= 0.3 is 0 Å². The van der Waals surface area contributed by atoms with Crippen LogP contribution in [0, 0.1) is 0 Å². The van der Waals surface area contributed by atoms with Gasteiger partial charge in [0.15, 0.2) is 27.3 Å². The van der Waals surface area contributed by atoms with Crippen LogP contribution >= 0.6 is 11.3 Å². The molecular formula is C19H25N3O5S2. The molecule has 3 rings (SSSR count). The number of nitrogens with zero attached hydrogens (tertiary/aromatic N) is 2. The van der Waals surface area contributed by atoms with Crippen molar-refractivity contribution in [2.24, 2.45) is 4.99 Å². The number of thiophene rings is 1. The van der Waals surface area contributed by atoms with Crippen LogP contribution in [-0.4, -0.2) is 63.2 Å². The Morgan fingerprint density at radius 1 is 1.34 bits per heavy atom. The van der Waals surface area contributed by atoms with E-state index in [1.807, 2.05) is 37.1 Å². The zero-order chi connectivity index (χ0) is 20.9. The number of guanidine groups is 1. The molecule has 158 valence electrons. The molecule has 0 saturated heterocycles. The molecule has 8 nitrogen and oxygen atoms in total. The Morgan fingerprint density at radius 2 is 2.14 bits per heavy atom. The second-order valence-electron chi connectivity index (χ2n) is 6.61. The monoisotopic (exact) mass is 439 g/mol. The number of aliphatic hydroxyl groups is 1. The normalized spacial score (nSPS) is 14.7. The van der Waals surface area contributed by atoms with Gasteiger partial charge < -0.3 is 24.8 Å². The number of aliphatic imine (C=N–C) groups is 1. The largest absolute Gasteiger partial charge is 0.454 e. The summed E-state index contributed by atoms with van der Waals surface area (Å²) in [6.45, 7) is 3.37. The third-order valence-corrected chi connectivity index (χ3v) is 7.50. The minimum Gasteiger partial charge on any atom is -0.454 e. The van der Waals surface area contributed by atoms with E-state index in [1.54, 1.807) is 17.5 Å². The van der Waals surface area contributed by atoms with Crippen LogP contribution in [0.5, 0.6) is 11.5 Å². The summed E-state index contributed by atoms with van der Waals surface area (Å²) < 4.78 is 35.6. The van der Waals surface area contributed by atoms with Crippen molar-refractivity contribution >= 4 is 27.1 Å². The Labute approximate surface area is 174 Å². The van der Waals surface area contributed by atoms with Crippen LogP contribution in [-0.2, 0) is 16.4 Å². The average molecular weight is 440 g/mol. The predicted octanol–water partition coefficient (Wildman–Crippen LogP) is 1.71. The standard InChI is InChI=1S/C19H25N3O5S2/c1-3-20-19(21-10-15(23)12-29(24,25)18-5-4-8-28-18)22(2)11-14-6-7-16-17(9-14)27-13-26-16/h4-9,15,23H,3,10-13H2,1-2H3,(H,20,21). The molecule has 0 amide bonds. The van der Waals surface area contributed by atoms with Crippen LogP contribution in [0.2, 0.25) is 0 Å². The van der Waals surface area contributed by atoms with Crippen molar-refractivity contribution in [2.45, 2.75) is 23.8 Å². The average Bonchev–Trinajstić information content (AvgIpc) is 3.36. The number of sulfone groups is 1. The molecule has 29 heavy (non-hydrogen) atoms. The third-order valence-electron chi connectivity index (χ3n) is 4.22. The van der Waals surface area contributed by atoms with E-state index in [4.69, 9.17) is 9.47 Å². The van der Waals surface area contributed by atoms with E-state index < -0.39 is 15.9 Å². The summed E-state index contributed by atoms with van der Waals surface area (Å²) in [5.74, 6) is 1.67. The van der Waals surface area contributed by atoms with Gasteiger partial charge in [-0.05, 0) is 36.1 Å². The smallest absolute Gasteiger partial charge is 0.231 e. The molecule has 2 N–H and O–H groups in total. The quantitative estimate of drug-likeness (QED) is 0.477. The van der Waals surface area contributed by atoms with E-state index in [0.717, 1.165) is 22.6 Å². The summed E-state index contributed by atoms with van der Waals surface area (Å²) >= 11 is 1.14. The fourth-order valence-electron chi connectivity index (χ4n) is 2.88. The Hall–Kier alpha value is -2.30.